The molecule has 4 rings (SSSR count). The lowest BCUT2D eigenvalue weighted by Crippen LogP contribution is -2.38. The van der Waals surface area contributed by atoms with Crippen LogP contribution in [-0.2, 0) is 27.2 Å². The molecule has 0 aromatic carbocycles. The highest BCUT2D eigenvalue weighted by Crippen LogP contribution is 2.57. The molecule has 0 radical (unpaired) electrons. The van der Waals surface area contributed by atoms with E-state index < -0.39 is 17.8 Å². The van der Waals surface area contributed by atoms with Crippen molar-refractivity contribution in [1.82, 2.24) is 0 Å². The SMILES string of the molecule is CCOC(=O)c1c(NC(=O)[C@@H]2[C@H](C(=O)O)[C@H]3CC[C@H]2C3=C(C)C)sc2c1CCCCCCCCCCC2. The predicted octanol–water partition coefficient (Wildman–Crippen LogP) is 7.17. The van der Waals surface area contributed by atoms with Gasteiger partial charge in [0.1, 0.15) is 5.00 Å². The highest BCUT2D eigenvalue weighted by atomic mass is 32.1. The quantitative estimate of drug-likeness (QED) is 0.312. The number of allylic oxidation sites excluding steroid dienone is 2. The summed E-state index contributed by atoms with van der Waals surface area (Å²) in [6, 6.07) is 0. The summed E-state index contributed by atoms with van der Waals surface area (Å²) in [5.74, 6) is -2.97. The van der Waals surface area contributed by atoms with Crippen LogP contribution in [0, 0.1) is 23.7 Å². The van der Waals surface area contributed by atoms with E-state index in [2.05, 4.69) is 5.32 Å². The second kappa shape index (κ2) is 12.6. The predicted molar refractivity (Wildman–Crippen MR) is 147 cm³/mol. The van der Waals surface area contributed by atoms with Crippen LogP contribution in [0.3, 0.4) is 0 Å². The summed E-state index contributed by atoms with van der Waals surface area (Å²) >= 11 is 1.50. The Kier molecular flexibility index (Phi) is 9.49. The van der Waals surface area contributed by atoms with Gasteiger partial charge in [0.25, 0.3) is 0 Å². The lowest BCUT2D eigenvalue weighted by Gasteiger charge is -2.26. The van der Waals surface area contributed by atoms with E-state index in [0.717, 1.165) is 61.7 Å². The number of carbonyl (C=O) groups is 3. The highest BCUT2D eigenvalue weighted by Gasteiger charge is 2.57. The molecule has 2 N–H and O–H groups in total. The van der Waals surface area contributed by atoms with Gasteiger partial charge >= 0.3 is 11.9 Å². The van der Waals surface area contributed by atoms with Crippen LogP contribution in [-0.4, -0.2) is 29.6 Å². The third-order valence-corrected chi connectivity index (χ3v) is 9.85. The van der Waals surface area contributed by atoms with E-state index in [1.54, 1.807) is 6.92 Å². The van der Waals surface area contributed by atoms with Crippen molar-refractivity contribution < 1.29 is 24.2 Å². The number of amides is 1. The first-order valence-electron chi connectivity index (χ1n) is 14.4. The van der Waals surface area contributed by atoms with Crippen molar-refractivity contribution in [2.75, 3.05) is 11.9 Å². The number of hydrogen-bond acceptors (Lipinski definition) is 5. The van der Waals surface area contributed by atoms with Crippen LogP contribution in [0.5, 0.6) is 0 Å². The topological polar surface area (TPSA) is 92.7 Å². The minimum atomic E-state index is -0.897. The summed E-state index contributed by atoms with van der Waals surface area (Å²) in [6.07, 6.45) is 14.1. The van der Waals surface area contributed by atoms with Gasteiger partial charge in [0, 0.05) is 4.88 Å². The molecule has 1 amide bonds. The normalized spacial score (nSPS) is 26.4. The molecule has 1 aromatic rings. The summed E-state index contributed by atoms with van der Waals surface area (Å²) in [5.41, 5.74) is 3.83. The Morgan fingerprint density at radius 3 is 2.03 bits per heavy atom. The van der Waals surface area contributed by atoms with Crippen molar-refractivity contribution in [2.24, 2.45) is 23.7 Å². The fourth-order valence-corrected chi connectivity index (χ4v) is 8.39. The smallest absolute Gasteiger partial charge is 0.341 e. The molecule has 2 fully saturated rings. The van der Waals surface area contributed by atoms with Crippen molar-refractivity contribution >= 4 is 34.2 Å². The number of hydrogen-bond donors (Lipinski definition) is 2. The maximum atomic E-state index is 13.8. The number of rotatable bonds is 5. The molecule has 0 aliphatic heterocycles. The second-order valence-corrected chi connectivity index (χ2v) is 12.3. The van der Waals surface area contributed by atoms with Gasteiger partial charge in [0.15, 0.2) is 0 Å². The molecule has 1 aromatic heterocycles. The number of aliphatic carboxylic acids is 1. The van der Waals surface area contributed by atoms with Gasteiger partial charge in [-0.3, -0.25) is 9.59 Å². The van der Waals surface area contributed by atoms with E-state index in [9.17, 15) is 19.5 Å². The number of carboxylic acids is 1. The minimum Gasteiger partial charge on any atom is -0.481 e. The Bertz CT molecular complexity index is 1040. The van der Waals surface area contributed by atoms with Crippen LogP contribution >= 0.6 is 11.3 Å². The molecule has 204 valence electrons. The molecule has 6 nitrogen and oxygen atoms in total. The standard InChI is InChI=1S/C30H43NO5S/c1-4-36-30(35)26-19-14-12-10-8-6-5-7-9-11-13-15-22(19)37-28(26)31-27(32)24-20-16-17-21(23(20)18(2)3)25(24)29(33)34/h20-21,24-25H,4-17H2,1-3H3,(H,31,32)(H,33,34)/t20-,21-,24-,25+/m0/s1. The number of nitrogens with one attached hydrogen (secondary N) is 1. The lowest BCUT2D eigenvalue weighted by atomic mass is 9.78. The molecule has 37 heavy (non-hydrogen) atoms. The van der Waals surface area contributed by atoms with Gasteiger partial charge in [-0.15, -0.1) is 11.3 Å². The van der Waals surface area contributed by atoms with Crippen LogP contribution in [0.15, 0.2) is 11.1 Å². The number of carboxylic acid groups (broad SMARTS) is 1. The van der Waals surface area contributed by atoms with Crippen LogP contribution in [0.4, 0.5) is 5.00 Å². The maximum Gasteiger partial charge on any atom is 0.341 e. The zero-order valence-corrected chi connectivity index (χ0v) is 23.5. The third-order valence-electron chi connectivity index (χ3n) is 8.64. The molecule has 3 aliphatic carbocycles. The fraction of sp³-hybridized carbons (Fsp3) is 0.700. The number of anilines is 1. The number of aryl methyl sites for hydroxylation is 1. The van der Waals surface area contributed by atoms with Crippen molar-refractivity contribution in [2.45, 2.75) is 104 Å². The van der Waals surface area contributed by atoms with E-state index in [1.807, 2.05) is 13.8 Å². The first kappa shape index (κ1) is 27.9. The van der Waals surface area contributed by atoms with E-state index in [1.165, 1.54) is 54.7 Å². The fourth-order valence-electron chi connectivity index (χ4n) is 7.11. The average Bonchev–Trinajstić information content (AvgIpc) is 3.52. The summed E-state index contributed by atoms with van der Waals surface area (Å²) in [6.45, 7) is 6.12. The number of carbonyl (C=O) groups excluding carboxylic acids is 2. The largest absolute Gasteiger partial charge is 0.481 e. The lowest BCUT2D eigenvalue weighted by molar-refractivity contribution is -0.148. The Morgan fingerprint density at radius 2 is 1.46 bits per heavy atom. The zero-order valence-electron chi connectivity index (χ0n) is 22.7. The van der Waals surface area contributed by atoms with Crippen molar-refractivity contribution in [1.29, 1.82) is 0 Å². The van der Waals surface area contributed by atoms with Gasteiger partial charge in [-0.1, -0.05) is 56.1 Å². The molecule has 4 atom stereocenters. The van der Waals surface area contributed by atoms with Crippen LogP contribution in [0.2, 0.25) is 0 Å². The van der Waals surface area contributed by atoms with Crippen molar-refractivity contribution in [3.63, 3.8) is 0 Å². The highest BCUT2D eigenvalue weighted by molar-refractivity contribution is 7.17. The Labute approximate surface area is 225 Å². The summed E-state index contributed by atoms with van der Waals surface area (Å²) < 4.78 is 5.46. The number of fused-ring (bicyclic) bond motifs is 3. The van der Waals surface area contributed by atoms with E-state index in [0.29, 0.717) is 10.6 Å². The van der Waals surface area contributed by atoms with Gasteiger partial charge in [-0.05, 0) is 76.7 Å². The van der Waals surface area contributed by atoms with Gasteiger partial charge in [0.2, 0.25) is 5.91 Å². The molecular weight excluding hydrogens is 486 g/mol. The first-order chi connectivity index (χ1) is 17.8. The first-order valence-corrected chi connectivity index (χ1v) is 15.2. The second-order valence-electron chi connectivity index (χ2n) is 11.2. The molecule has 7 heteroatoms. The summed E-state index contributed by atoms with van der Waals surface area (Å²) in [5, 5.41) is 13.7. The molecule has 3 aliphatic rings. The Hall–Kier alpha value is -2.15. The van der Waals surface area contributed by atoms with E-state index in [4.69, 9.17) is 4.74 Å². The molecule has 1 heterocycles. The molecular formula is C30H43NO5S. The number of thiophene rings is 1. The molecule has 0 unspecified atom stereocenters. The number of ether oxygens (including phenoxy) is 1. The van der Waals surface area contributed by atoms with Gasteiger partial charge in [-0.2, -0.15) is 0 Å². The Balaban J connectivity index is 1.65. The molecule has 2 saturated carbocycles. The van der Waals surface area contributed by atoms with E-state index in [-0.39, 0.29) is 30.3 Å². The van der Waals surface area contributed by atoms with Gasteiger partial charge < -0.3 is 15.2 Å². The summed E-state index contributed by atoms with van der Waals surface area (Å²) in [4.78, 5) is 40.4. The number of esters is 1. The zero-order chi connectivity index (χ0) is 26.5. The third kappa shape index (κ3) is 5.97. The molecule has 0 saturated heterocycles. The summed E-state index contributed by atoms with van der Waals surface area (Å²) in [7, 11) is 0. The van der Waals surface area contributed by atoms with Crippen LogP contribution in [0.25, 0.3) is 0 Å². The monoisotopic (exact) mass is 529 g/mol. The maximum absolute atomic E-state index is 13.8. The average molecular weight is 530 g/mol. The van der Waals surface area contributed by atoms with Crippen LogP contribution in [0.1, 0.15) is 112 Å². The molecule has 2 bridgehead atoms. The van der Waals surface area contributed by atoms with Crippen molar-refractivity contribution in [3.05, 3.63) is 27.2 Å². The van der Waals surface area contributed by atoms with Crippen molar-refractivity contribution in [3.8, 4) is 0 Å². The Morgan fingerprint density at radius 1 is 0.892 bits per heavy atom. The van der Waals surface area contributed by atoms with Crippen LogP contribution < -0.4 is 5.32 Å². The molecule has 0 spiro atoms. The van der Waals surface area contributed by atoms with Gasteiger partial charge in [0.05, 0.1) is 24.0 Å². The minimum absolute atomic E-state index is 0.0356. The van der Waals surface area contributed by atoms with Gasteiger partial charge in [-0.25, -0.2) is 4.79 Å². The van der Waals surface area contributed by atoms with E-state index >= 15 is 0 Å².